The Labute approximate surface area is 134 Å². The first kappa shape index (κ1) is 15.6. The van der Waals surface area contributed by atoms with Crippen LogP contribution in [-0.2, 0) is 0 Å². The highest BCUT2D eigenvalue weighted by Gasteiger charge is 2.19. The molecule has 0 heterocycles. The summed E-state index contributed by atoms with van der Waals surface area (Å²) in [6, 6.07) is 17.5. The van der Waals surface area contributed by atoms with Gasteiger partial charge in [0.2, 0.25) is 0 Å². The lowest BCUT2D eigenvalue weighted by atomic mass is 10.0. The van der Waals surface area contributed by atoms with Crippen LogP contribution in [0.25, 0.3) is 0 Å². The maximum atomic E-state index is 3.62. The van der Waals surface area contributed by atoms with Crippen LogP contribution in [0.5, 0.6) is 0 Å². The molecule has 0 saturated heterocycles. The second-order valence-electron chi connectivity index (χ2n) is 4.93. The number of nitrogens with one attached hydrogen (secondary N) is 1. The quantitative estimate of drug-likeness (QED) is 0.744. The molecule has 0 aliphatic carbocycles. The van der Waals surface area contributed by atoms with E-state index in [9.17, 15) is 0 Å². The third-order valence-electron chi connectivity index (χ3n) is 3.37. The van der Waals surface area contributed by atoms with E-state index < -0.39 is 0 Å². The molecule has 2 aromatic carbocycles. The molecule has 20 heavy (non-hydrogen) atoms. The van der Waals surface area contributed by atoms with Crippen molar-refractivity contribution in [1.29, 1.82) is 0 Å². The van der Waals surface area contributed by atoms with Crippen molar-refractivity contribution in [3.8, 4) is 0 Å². The second kappa shape index (κ2) is 7.30. The third kappa shape index (κ3) is 3.87. The molecule has 2 rings (SSSR count). The number of hydrogen-bond acceptors (Lipinski definition) is 2. The Morgan fingerprint density at radius 2 is 1.70 bits per heavy atom. The van der Waals surface area contributed by atoms with Crippen molar-refractivity contribution in [1.82, 2.24) is 5.32 Å². The molecule has 106 valence electrons. The summed E-state index contributed by atoms with van der Waals surface area (Å²) in [4.78, 5) is 1.28. The van der Waals surface area contributed by atoms with Crippen LogP contribution < -0.4 is 5.32 Å². The van der Waals surface area contributed by atoms with Crippen molar-refractivity contribution >= 4 is 27.7 Å². The SMILES string of the molecule is CNC(c1ccc(C)cc1)C(C)Sc1ccccc1Br. The number of thioether (sulfide) groups is 1. The lowest BCUT2D eigenvalue weighted by molar-refractivity contribution is 0.589. The van der Waals surface area contributed by atoms with Crippen LogP contribution in [0.1, 0.15) is 24.1 Å². The molecular weight excluding hydrogens is 330 g/mol. The number of rotatable bonds is 5. The maximum Gasteiger partial charge on any atom is 0.0439 e. The summed E-state index contributed by atoms with van der Waals surface area (Å²) in [6.45, 7) is 4.39. The summed E-state index contributed by atoms with van der Waals surface area (Å²) in [7, 11) is 2.03. The summed E-state index contributed by atoms with van der Waals surface area (Å²) < 4.78 is 1.16. The van der Waals surface area contributed by atoms with E-state index in [1.165, 1.54) is 16.0 Å². The van der Waals surface area contributed by atoms with Crippen LogP contribution in [-0.4, -0.2) is 12.3 Å². The van der Waals surface area contributed by atoms with Gasteiger partial charge in [0.05, 0.1) is 0 Å². The van der Waals surface area contributed by atoms with E-state index in [0.717, 1.165) is 4.47 Å². The Morgan fingerprint density at radius 1 is 1.05 bits per heavy atom. The minimum absolute atomic E-state index is 0.340. The predicted octanol–water partition coefficient (Wildman–Crippen LogP) is 5.20. The number of benzene rings is 2. The van der Waals surface area contributed by atoms with Crippen molar-refractivity contribution < 1.29 is 0 Å². The van der Waals surface area contributed by atoms with E-state index >= 15 is 0 Å². The van der Waals surface area contributed by atoms with Crippen LogP contribution in [0.4, 0.5) is 0 Å². The van der Waals surface area contributed by atoms with Gasteiger partial charge < -0.3 is 5.32 Å². The average molecular weight is 350 g/mol. The molecule has 0 radical (unpaired) electrons. The molecule has 0 spiro atoms. The van der Waals surface area contributed by atoms with Crippen molar-refractivity contribution in [3.05, 3.63) is 64.1 Å². The zero-order chi connectivity index (χ0) is 14.5. The van der Waals surface area contributed by atoms with Gasteiger partial charge in [-0.3, -0.25) is 0 Å². The molecule has 1 N–H and O–H groups in total. The van der Waals surface area contributed by atoms with Crippen molar-refractivity contribution in [2.45, 2.75) is 30.0 Å². The van der Waals surface area contributed by atoms with Gasteiger partial charge in [0.1, 0.15) is 0 Å². The first-order valence-corrected chi connectivity index (χ1v) is 8.44. The molecule has 0 aromatic heterocycles. The van der Waals surface area contributed by atoms with Crippen molar-refractivity contribution in [3.63, 3.8) is 0 Å². The maximum absolute atomic E-state index is 3.62. The molecule has 2 atom stereocenters. The molecule has 0 saturated carbocycles. The van der Waals surface area contributed by atoms with E-state index in [0.29, 0.717) is 11.3 Å². The predicted molar refractivity (Wildman–Crippen MR) is 92.4 cm³/mol. The summed E-state index contributed by atoms with van der Waals surface area (Å²) >= 11 is 5.51. The van der Waals surface area contributed by atoms with Gasteiger partial charge >= 0.3 is 0 Å². The van der Waals surface area contributed by atoms with Gasteiger partial charge in [-0.15, -0.1) is 11.8 Å². The molecule has 0 aliphatic heterocycles. The monoisotopic (exact) mass is 349 g/mol. The highest BCUT2D eigenvalue weighted by molar-refractivity contribution is 9.10. The summed E-state index contributed by atoms with van der Waals surface area (Å²) in [6.07, 6.45) is 0. The van der Waals surface area contributed by atoms with Gasteiger partial charge in [-0.2, -0.15) is 0 Å². The van der Waals surface area contributed by atoms with E-state index in [4.69, 9.17) is 0 Å². The van der Waals surface area contributed by atoms with E-state index in [2.05, 4.69) is 77.6 Å². The van der Waals surface area contributed by atoms with Gasteiger partial charge in [0.15, 0.2) is 0 Å². The van der Waals surface area contributed by atoms with Crippen LogP contribution in [0.3, 0.4) is 0 Å². The van der Waals surface area contributed by atoms with E-state index in [-0.39, 0.29) is 0 Å². The second-order valence-corrected chi connectivity index (χ2v) is 7.20. The summed E-state index contributed by atoms with van der Waals surface area (Å²) in [5.41, 5.74) is 2.64. The standard InChI is InChI=1S/C17H20BrNS/c1-12-8-10-14(11-9-12)17(19-3)13(2)20-16-7-5-4-6-15(16)18/h4-11,13,17,19H,1-3H3. The zero-order valence-corrected chi connectivity index (χ0v) is 14.5. The topological polar surface area (TPSA) is 12.0 Å². The number of aryl methyl sites for hydroxylation is 1. The molecular formula is C17H20BrNS. The normalized spacial score (nSPS) is 14.0. The fourth-order valence-corrected chi connectivity index (χ4v) is 3.99. The molecule has 2 unspecified atom stereocenters. The first-order chi connectivity index (χ1) is 9.61. The Hall–Kier alpha value is -0.770. The van der Waals surface area contributed by atoms with Gasteiger partial charge in [0.25, 0.3) is 0 Å². The number of halogens is 1. The van der Waals surface area contributed by atoms with E-state index in [1.54, 1.807) is 0 Å². The fourth-order valence-electron chi connectivity index (χ4n) is 2.25. The first-order valence-electron chi connectivity index (χ1n) is 6.77. The molecule has 3 heteroatoms. The van der Waals surface area contributed by atoms with Gasteiger partial charge in [-0.05, 0) is 47.6 Å². The Morgan fingerprint density at radius 3 is 2.30 bits per heavy atom. The van der Waals surface area contributed by atoms with Crippen molar-refractivity contribution in [2.75, 3.05) is 7.05 Å². The average Bonchev–Trinajstić information content (AvgIpc) is 2.44. The Balaban J connectivity index is 2.15. The molecule has 2 aromatic rings. The number of hydrogen-bond donors (Lipinski definition) is 1. The molecule has 0 amide bonds. The largest absolute Gasteiger partial charge is 0.312 e. The zero-order valence-electron chi connectivity index (χ0n) is 12.1. The molecule has 0 aliphatic rings. The molecule has 1 nitrogen and oxygen atoms in total. The summed E-state index contributed by atoms with van der Waals surface area (Å²) in [5.74, 6) is 0. The van der Waals surface area contributed by atoms with E-state index in [1.807, 2.05) is 24.9 Å². The van der Waals surface area contributed by atoms with Gasteiger partial charge in [-0.1, -0.05) is 48.9 Å². The summed E-state index contributed by atoms with van der Waals surface area (Å²) in [5, 5.41) is 3.89. The lowest BCUT2D eigenvalue weighted by Crippen LogP contribution is -2.25. The minimum Gasteiger partial charge on any atom is -0.312 e. The Kier molecular flexibility index (Phi) is 5.70. The smallest absolute Gasteiger partial charge is 0.0439 e. The van der Waals surface area contributed by atoms with Gasteiger partial charge in [-0.25, -0.2) is 0 Å². The third-order valence-corrected chi connectivity index (χ3v) is 5.57. The van der Waals surface area contributed by atoms with Crippen LogP contribution >= 0.6 is 27.7 Å². The van der Waals surface area contributed by atoms with Crippen molar-refractivity contribution in [2.24, 2.45) is 0 Å². The highest BCUT2D eigenvalue weighted by Crippen LogP contribution is 2.35. The minimum atomic E-state index is 0.340. The Bertz CT molecular complexity index is 553. The molecule has 0 fully saturated rings. The lowest BCUT2D eigenvalue weighted by Gasteiger charge is -2.24. The van der Waals surface area contributed by atoms with Crippen LogP contribution in [0.2, 0.25) is 0 Å². The van der Waals surface area contributed by atoms with Gasteiger partial charge in [0, 0.05) is 20.7 Å². The van der Waals surface area contributed by atoms with Crippen LogP contribution in [0, 0.1) is 6.92 Å². The fraction of sp³-hybridized carbons (Fsp3) is 0.294. The molecule has 0 bridgehead atoms. The van der Waals surface area contributed by atoms with Crippen LogP contribution in [0.15, 0.2) is 57.9 Å². The highest BCUT2D eigenvalue weighted by atomic mass is 79.9.